The summed E-state index contributed by atoms with van der Waals surface area (Å²) in [5, 5.41) is 6.12. The van der Waals surface area contributed by atoms with Gasteiger partial charge in [0.1, 0.15) is 11.3 Å². The molecule has 2 heterocycles. The molecule has 2 aliphatic rings. The molecule has 0 aliphatic heterocycles. The van der Waals surface area contributed by atoms with E-state index in [-0.39, 0.29) is 29.6 Å². The minimum absolute atomic E-state index is 0.0244. The highest BCUT2D eigenvalue weighted by Crippen LogP contribution is 2.40. The summed E-state index contributed by atoms with van der Waals surface area (Å²) in [5.74, 6) is 0.369. The number of nitrogens with one attached hydrogen (secondary N) is 3. The first kappa shape index (κ1) is 25.0. The minimum atomic E-state index is -0.488. The Balaban J connectivity index is 1.43. The number of carbonyl (C=O) groups excluding carboxylic acids is 2. The summed E-state index contributed by atoms with van der Waals surface area (Å²) >= 11 is 0. The highest BCUT2D eigenvalue weighted by molar-refractivity contribution is 6.09. The molecule has 0 saturated heterocycles. The number of halogens is 1. The number of methoxy groups -OCH3 is 1. The van der Waals surface area contributed by atoms with Crippen LogP contribution < -0.4 is 20.1 Å². The fraction of sp³-hybridized carbons (Fsp3) is 0.464. The lowest BCUT2D eigenvalue weighted by molar-refractivity contribution is -0.119. The average Bonchev–Trinajstić information content (AvgIpc) is 3.63. The van der Waals surface area contributed by atoms with E-state index < -0.39 is 5.82 Å². The summed E-state index contributed by atoms with van der Waals surface area (Å²) in [5.41, 5.74) is 3.87. The molecule has 0 atom stereocenters. The molecule has 3 N–H and O–H groups in total. The number of nitrogens with zero attached hydrogens (tertiary/aromatic N) is 1. The maximum atomic E-state index is 14.6. The van der Waals surface area contributed by atoms with Crippen molar-refractivity contribution >= 4 is 22.8 Å². The number of pyridine rings is 1. The molecule has 2 saturated carbocycles. The van der Waals surface area contributed by atoms with Crippen LogP contribution in [-0.4, -0.2) is 47.6 Å². The van der Waals surface area contributed by atoms with Gasteiger partial charge in [-0.1, -0.05) is 0 Å². The van der Waals surface area contributed by atoms with Crippen molar-refractivity contribution < 1.29 is 23.5 Å². The molecule has 0 bridgehead atoms. The average molecular weight is 509 g/mol. The van der Waals surface area contributed by atoms with E-state index in [1.54, 1.807) is 12.3 Å². The van der Waals surface area contributed by atoms with Gasteiger partial charge < -0.3 is 25.1 Å². The Hall–Kier alpha value is -3.62. The fourth-order valence-electron chi connectivity index (χ4n) is 5.15. The SMILES string of the molecule is COc1cc(-c2ccnc3c(C(=O)N[C@H]4CC[C@@H](NC(C)=O)CC4)c(C)[nH]c23)c(OCC2CC2)cc1F. The standard InChI is InChI=1S/C28H33FN4O4/c1-15-25(28(35)33-19-8-6-18(7-9-19)32-16(2)34)27-26(31-15)20(10-11-30-27)21-12-24(36-3)22(29)13-23(21)37-14-17-4-5-17/h10-13,17-19,31H,4-9,14H2,1-3H3,(H,32,34)(H,33,35)/t18-,19+. The number of H-pyrrole nitrogens is 1. The first-order valence-electron chi connectivity index (χ1n) is 12.9. The van der Waals surface area contributed by atoms with E-state index in [0.717, 1.165) is 44.1 Å². The number of fused-ring (bicyclic) bond motifs is 1. The van der Waals surface area contributed by atoms with Gasteiger partial charge in [0.05, 0.1) is 24.8 Å². The Morgan fingerprint density at radius 2 is 1.76 bits per heavy atom. The number of hydrogen-bond donors (Lipinski definition) is 3. The molecule has 9 heteroatoms. The normalized spacial score (nSPS) is 19.5. The lowest BCUT2D eigenvalue weighted by Gasteiger charge is -2.29. The molecule has 2 amide bonds. The highest BCUT2D eigenvalue weighted by atomic mass is 19.1. The summed E-state index contributed by atoms with van der Waals surface area (Å²) in [4.78, 5) is 32.6. The number of aromatic amines is 1. The minimum Gasteiger partial charge on any atom is -0.494 e. The number of ether oxygens (including phenoxy) is 2. The van der Waals surface area contributed by atoms with Crippen molar-refractivity contribution in [1.29, 1.82) is 0 Å². The van der Waals surface area contributed by atoms with Crippen LogP contribution >= 0.6 is 0 Å². The van der Waals surface area contributed by atoms with Crippen molar-refractivity contribution in [3.63, 3.8) is 0 Å². The summed E-state index contributed by atoms with van der Waals surface area (Å²) in [6.07, 6.45) is 7.15. The molecule has 3 aromatic rings. The second-order valence-corrected chi connectivity index (χ2v) is 10.2. The molecule has 5 rings (SSSR count). The highest BCUT2D eigenvalue weighted by Gasteiger charge is 2.27. The molecular formula is C28H33FN4O4. The van der Waals surface area contributed by atoms with E-state index in [1.165, 1.54) is 20.1 Å². The van der Waals surface area contributed by atoms with Gasteiger partial charge in [-0.3, -0.25) is 14.6 Å². The van der Waals surface area contributed by atoms with Crippen LogP contribution in [0.1, 0.15) is 61.5 Å². The van der Waals surface area contributed by atoms with E-state index in [9.17, 15) is 14.0 Å². The van der Waals surface area contributed by atoms with E-state index >= 15 is 0 Å². The van der Waals surface area contributed by atoms with E-state index in [2.05, 4.69) is 20.6 Å². The second kappa shape index (κ2) is 10.4. The van der Waals surface area contributed by atoms with Crippen molar-refractivity contribution in [2.24, 2.45) is 5.92 Å². The molecule has 2 aromatic heterocycles. The summed E-state index contributed by atoms with van der Waals surface area (Å²) in [6, 6.07) is 5.03. The second-order valence-electron chi connectivity index (χ2n) is 10.2. The van der Waals surface area contributed by atoms with Crippen LogP contribution in [0, 0.1) is 18.7 Å². The van der Waals surface area contributed by atoms with Crippen LogP contribution in [0.5, 0.6) is 11.5 Å². The van der Waals surface area contributed by atoms with Crippen molar-refractivity contribution in [1.82, 2.24) is 20.6 Å². The van der Waals surface area contributed by atoms with Crippen LogP contribution in [0.4, 0.5) is 4.39 Å². The predicted octanol–water partition coefficient (Wildman–Crippen LogP) is 4.65. The molecule has 196 valence electrons. The smallest absolute Gasteiger partial charge is 0.255 e. The maximum Gasteiger partial charge on any atom is 0.255 e. The Labute approximate surface area is 215 Å². The fourth-order valence-corrected chi connectivity index (χ4v) is 5.15. The van der Waals surface area contributed by atoms with E-state index in [1.807, 2.05) is 13.0 Å². The molecule has 37 heavy (non-hydrogen) atoms. The van der Waals surface area contributed by atoms with Gasteiger partial charge in [-0.15, -0.1) is 0 Å². The molecule has 8 nitrogen and oxygen atoms in total. The number of aryl methyl sites for hydroxylation is 1. The first-order valence-corrected chi connectivity index (χ1v) is 12.9. The maximum absolute atomic E-state index is 14.6. The van der Waals surface area contributed by atoms with Gasteiger partial charge in [0.15, 0.2) is 11.6 Å². The lowest BCUT2D eigenvalue weighted by atomic mass is 9.91. The summed E-state index contributed by atoms with van der Waals surface area (Å²) in [7, 11) is 1.43. The summed E-state index contributed by atoms with van der Waals surface area (Å²) < 4.78 is 25.9. The number of aromatic nitrogens is 2. The molecule has 2 aliphatic carbocycles. The number of amides is 2. The van der Waals surface area contributed by atoms with Gasteiger partial charge in [0.25, 0.3) is 5.91 Å². The van der Waals surface area contributed by atoms with Crippen LogP contribution in [0.15, 0.2) is 24.4 Å². The van der Waals surface area contributed by atoms with Crippen molar-refractivity contribution in [3.8, 4) is 22.6 Å². The van der Waals surface area contributed by atoms with Crippen molar-refractivity contribution in [2.75, 3.05) is 13.7 Å². The molecule has 0 unspecified atom stereocenters. The van der Waals surface area contributed by atoms with Gasteiger partial charge in [0.2, 0.25) is 5.91 Å². The van der Waals surface area contributed by atoms with Crippen LogP contribution in [0.2, 0.25) is 0 Å². The third kappa shape index (κ3) is 5.40. The predicted molar refractivity (Wildman–Crippen MR) is 138 cm³/mol. The Kier molecular flexibility index (Phi) is 7.04. The number of carbonyl (C=O) groups is 2. The van der Waals surface area contributed by atoms with Gasteiger partial charge in [0, 0.05) is 48.1 Å². The zero-order valence-corrected chi connectivity index (χ0v) is 21.4. The molecule has 0 radical (unpaired) electrons. The molecule has 1 aromatic carbocycles. The van der Waals surface area contributed by atoms with Gasteiger partial charge in [-0.25, -0.2) is 4.39 Å². The van der Waals surface area contributed by atoms with Crippen LogP contribution in [0.3, 0.4) is 0 Å². The van der Waals surface area contributed by atoms with E-state index in [0.29, 0.717) is 46.1 Å². The Morgan fingerprint density at radius 1 is 1.05 bits per heavy atom. The number of rotatable bonds is 8. The number of benzene rings is 1. The Bertz CT molecular complexity index is 1330. The van der Waals surface area contributed by atoms with E-state index in [4.69, 9.17) is 9.47 Å². The number of hydrogen-bond acceptors (Lipinski definition) is 5. The zero-order chi connectivity index (χ0) is 26.1. The quantitative estimate of drug-likeness (QED) is 0.411. The van der Waals surface area contributed by atoms with Crippen LogP contribution in [-0.2, 0) is 4.79 Å². The van der Waals surface area contributed by atoms with Crippen LogP contribution in [0.25, 0.3) is 22.2 Å². The zero-order valence-electron chi connectivity index (χ0n) is 21.4. The molecule has 2 fully saturated rings. The summed E-state index contributed by atoms with van der Waals surface area (Å²) in [6.45, 7) is 3.91. The first-order chi connectivity index (χ1) is 17.8. The third-order valence-corrected chi connectivity index (χ3v) is 7.29. The topological polar surface area (TPSA) is 105 Å². The molecular weight excluding hydrogens is 475 g/mol. The largest absolute Gasteiger partial charge is 0.494 e. The lowest BCUT2D eigenvalue weighted by Crippen LogP contribution is -2.43. The van der Waals surface area contributed by atoms with Gasteiger partial charge in [-0.05, 0) is 63.5 Å². The van der Waals surface area contributed by atoms with Gasteiger partial charge in [-0.2, -0.15) is 0 Å². The van der Waals surface area contributed by atoms with Crippen molar-refractivity contribution in [3.05, 3.63) is 41.5 Å². The van der Waals surface area contributed by atoms with Crippen molar-refractivity contribution in [2.45, 2.75) is 64.5 Å². The Morgan fingerprint density at radius 3 is 2.41 bits per heavy atom. The van der Waals surface area contributed by atoms with Gasteiger partial charge >= 0.3 is 0 Å². The third-order valence-electron chi connectivity index (χ3n) is 7.29. The molecule has 0 spiro atoms. The monoisotopic (exact) mass is 508 g/mol.